The van der Waals surface area contributed by atoms with Gasteiger partial charge in [0.2, 0.25) is 0 Å². The highest BCUT2D eigenvalue weighted by Crippen LogP contribution is 2.24. The van der Waals surface area contributed by atoms with Crippen LogP contribution in [0.1, 0.15) is 36.1 Å². The second-order valence-electron chi connectivity index (χ2n) is 6.92. The van der Waals surface area contributed by atoms with Crippen LogP contribution in [0.3, 0.4) is 0 Å². The number of nitrogens with zero attached hydrogens (tertiary/aromatic N) is 1. The highest BCUT2D eigenvalue weighted by molar-refractivity contribution is 7.80. The molecule has 0 aliphatic heterocycles. The number of nitrogens with one attached hydrogen (secondary N) is 1. The molecule has 0 spiro atoms. The van der Waals surface area contributed by atoms with Gasteiger partial charge in [0.1, 0.15) is 0 Å². The second kappa shape index (κ2) is 10.0. The molecule has 3 rings (SSSR count). The van der Waals surface area contributed by atoms with Gasteiger partial charge in [0.05, 0.1) is 0 Å². The average molecular weight is 389 g/mol. The van der Waals surface area contributed by atoms with Gasteiger partial charge in [-0.15, -0.1) is 0 Å². The third kappa shape index (κ3) is 5.20. The van der Waals surface area contributed by atoms with E-state index in [2.05, 4.69) is 90.8 Å². The standard InChI is InChI=1S/C25H28N2S/c1-3-22-16-11-17-23(4-2)24(22)26-25(28)27(18-20-12-7-5-8-13-20)19-21-14-9-6-10-15-21/h5-17H,3-4,18-19H2,1-2H3,(H,26,28). The SMILES string of the molecule is CCc1cccc(CC)c1NC(=S)N(Cc1ccccc1)Cc1ccccc1. The first-order valence-corrected chi connectivity index (χ1v) is 10.4. The van der Waals surface area contributed by atoms with Crippen LogP contribution in [0.4, 0.5) is 5.69 Å². The molecular formula is C25H28N2S. The lowest BCUT2D eigenvalue weighted by atomic mass is 10.0. The summed E-state index contributed by atoms with van der Waals surface area (Å²) in [6, 6.07) is 27.5. The highest BCUT2D eigenvalue weighted by Gasteiger charge is 2.14. The van der Waals surface area contributed by atoms with E-state index in [1.54, 1.807) is 0 Å². The summed E-state index contributed by atoms with van der Waals surface area (Å²) < 4.78 is 0. The first-order chi connectivity index (χ1) is 13.7. The van der Waals surface area contributed by atoms with Gasteiger partial charge in [-0.3, -0.25) is 0 Å². The Balaban J connectivity index is 1.86. The number of aryl methyl sites for hydroxylation is 2. The Morgan fingerprint density at radius 1 is 0.714 bits per heavy atom. The summed E-state index contributed by atoms with van der Waals surface area (Å²) in [5.74, 6) is 0. The van der Waals surface area contributed by atoms with E-state index in [1.807, 2.05) is 12.1 Å². The minimum absolute atomic E-state index is 0.767. The molecule has 2 nitrogen and oxygen atoms in total. The van der Waals surface area contributed by atoms with Gasteiger partial charge in [-0.2, -0.15) is 0 Å². The molecule has 0 fully saturated rings. The van der Waals surface area contributed by atoms with E-state index in [1.165, 1.54) is 27.9 Å². The van der Waals surface area contributed by atoms with Crippen LogP contribution >= 0.6 is 12.2 Å². The number of anilines is 1. The first kappa shape index (κ1) is 20.1. The van der Waals surface area contributed by atoms with Crippen molar-refractivity contribution in [3.05, 3.63) is 101 Å². The molecule has 3 heteroatoms. The molecular weight excluding hydrogens is 360 g/mol. The van der Waals surface area contributed by atoms with Crippen molar-refractivity contribution in [1.82, 2.24) is 4.90 Å². The van der Waals surface area contributed by atoms with Crippen LogP contribution in [-0.4, -0.2) is 10.0 Å². The molecule has 0 aliphatic rings. The molecule has 3 aromatic carbocycles. The summed E-state index contributed by atoms with van der Waals surface area (Å²) in [6.45, 7) is 5.93. The van der Waals surface area contributed by atoms with E-state index in [9.17, 15) is 0 Å². The zero-order chi connectivity index (χ0) is 19.8. The predicted molar refractivity (Wildman–Crippen MR) is 124 cm³/mol. The third-order valence-electron chi connectivity index (χ3n) is 4.95. The van der Waals surface area contributed by atoms with E-state index in [4.69, 9.17) is 12.2 Å². The van der Waals surface area contributed by atoms with Crippen molar-refractivity contribution in [2.75, 3.05) is 5.32 Å². The summed E-state index contributed by atoms with van der Waals surface area (Å²) in [5, 5.41) is 4.35. The minimum Gasteiger partial charge on any atom is -0.340 e. The van der Waals surface area contributed by atoms with Gasteiger partial charge in [-0.25, -0.2) is 0 Å². The molecule has 0 amide bonds. The van der Waals surface area contributed by atoms with Gasteiger partial charge in [0, 0.05) is 18.8 Å². The predicted octanol–water partition coefficient (Wildman–Crippen LogP) is 6.21. The second-order valence-corrected chi connectivity index (χ2v) is 7.30. The molecule has 0 atom stereocenters. The van der Waals surface area contributed by atoms with Crippen LogP contribution < -0.4 is 5.32 Å². The summed E-state index contributed by atoms with van der Waals surface area (Å²) >= 11 is 5.89. The molecule has 0 saturated carbocycles. The van der Waals surface area contributed by atoms with Gasteiger partial charge in [0.15, 0.2) is 5.11 Å². The van der Waals surface area contributed by atoms with E-state index in [-0.39, 0.29) is 0 Å². The van der Waals surface area contributed by atoms with Crippen molar-refractivity contribution < 1.29 is 0 Å². The van der Waals surface area contributed by atoms with E-state index in [0.29, 0.717) is 0 Å². The lowest BCUT2D eigenvalue weighted by Crippen LogP contribution is -2.34. The Morgan fingerprint density at radius 3 is 1.61 bits per heavy atom. The van der Waals surface area contributed by atoms with Gasteiger partial charge in [0.25, 0.3) is 0 Å². The highest BCUT2D eigenvalue weighted by atomic mass is 32.1. The van der Waals surface area contributed by atoms with Gasteiger partial charge in [-0.05, 0) is 47.3 Å². The normalized spacial score (nSPS) is 10.5. The largest absolute Gasteiger partial charge is 0.340 e. The average Bonchev–Trinajstić information content (AvgIpc) is 2.75. The molecule has 0 aliphatic carbocycles. The lowest BCUT2D eigenvalue weighted by molar-refractivity contribution is 0.413. The van der Waals surface area contributed by atoms with Crippen molar-refractivity contribution in [1.29, 1.82) is 0 Å². The molecule has 0 saturated heterocycles. The van der Waals surface area contributed by atoms with Crippen molar-refractivity contribution in [3.8, 4) is 0 Å². The Labute approximate surface area is 174 Å². The fourth-order valence-corrected chi connectivity index (χ4v) is 3.63. The Bertz CT molecular complexity index is 827. The fourth-order valence-electron chi connectivity index (χ4n) is 3.40. The van der Waals surface area contributed by atoms with Crippen LogP contribution in [-0.2, 0) is 25.9 Å². The van der Waals surface area contributed by atoms with Crippen molar-refractivity contribution in [3.63, 3.8) is 0 Å². The topological polar surface area (TPSA) is 15.3 Å². The van der Waals surface area contributed by atoms with Gasteiger partial charge in [-0.1, -0.05) is 92.7 Å². The van der Waals surface area contributed by atoms with Gasteiger partial charge >= 0.3 is 0 Å². The number of benzene rings is 3. The number of hydrogen-bond acceptors (Lipinski definition) is 1. The van der Waals surface area contributed by atoms with E-state index < -0.39 is 0 Å². The molecule has 0 bridgehead atoms. The zero-order valence-corrected chi connectivity index (χ0v) is 17.5. The number of rotatable bonds is 7. The maximum atomic E-state index is 5.89. The molecule has 0 radical (unpaired) electrons. The lowest BCUT2D eigenvalue weighted by Gasteiger charge is -2.28. The Morgan fingerprint density at radius 2 is 1.18 bits per heavy atom. The van der Waals surface area contributed by atoms with E-state index >= 15 is 0 Å². The zero-order valence-electron chi connectivity index (χ0n) is 16.7. The van der Waals surface area contributed by atoms with Crippen LogP contribution in [0.25, 0.3) is 0 Å². The molecule has 0 aromatic heterocycles. The van der Waals surface area contributed by atoms with Crippen molar-refractivity contribution in [2.45, 2.75) is 39.8 Å². The number of para-hydroxylation sites is 1. The van der Waals surface area contributed by atoms with Crippen LogP contribution in [0.15, 0.2) is 78.9 Å². The molecule has 28 heavy (non-hydrogen) atoms. The maximum Gasteiger partial charge on any atom is 0.174 e. The minimum atomic E-state index is 0.767. The molecule has 0 heterocycles. The van der Waals surface area contributed by atoms with E-state index in [0.717, 1.165) is 31.0 Å². The van der Waals surface area contributed by atoms with Crippen LogP contribution in [0.2, 0.25) is 0 Å². The fraction of sp³-hybridized carbons (Fsp3) is 0.240. The first-order valence-electron chi connectivity index (χ1n) is 9.95. The van der Waals surface area contributed by atoms with Crippen LogP contribution in [0.5, 0.6) is 0 Å². The maximum absolute atomic E-state index is 5.89. The summed E-state index contributed by atoms with van der Waals surface area (Å²) in [5.41, 5.74) is 6.29. The monoisotopic (exact) mass is 388 g/mol. The Hall–Kier alpha value is -2.65. The van der Waals surface area contributed by atoms with Crippen molar-refractivity contribution in [2.24, 2.45) is 0 Å². The molecule has 3 aromatic rings. The number of thiocarbonyl (C=S) groups is 1. The number of hydrogen-bond donors (Lipinski definition) is 1. The summed E-state index contributed by atoms with van der Waals surface area (Å²) in [4.78, 5) is 2.24. The van der Waals surface area contributed by atoms with Gasteiger partial charge < -0.3 is 10.2 Å². The molecule has 0 unspecified atom stereocenters. The molecule has 1 N–H and O–H groups in total. The van der Waals surface area contributed by atoms with Crippen LogP contribution in [0, 0.1) is 0 Å². The quantitative estimate of drug-likeness (QED) is 0.484. The third-order valence-corrected chi connectivity index (χ3v) is 5.31. The molecule has 144 valence electrons. The Kier molecular flexibility index (Phi) is 7.21. The smallest absolute Gasteiger partial charge is 0.174 e. The van der Waals surface area contributed by atoms with Crippen molar-refractivity contribution >= 4 is 23.0 Å². The summed E-state index contributed by atoms with van der Waals surface area (Å²) in [6.07, 6.45) is 1.96. The summed E-state index contributed by atoms with van der Waals surface area (Å²) in [7, 11) is 0.